The number of morpholine rings is 1. The van der Waals surface area contributed by atoms with Crippen LogP contribution in [0.3, 0.4) is 0 Å². The van der Waals surface area contributed by atoms with Gasteiger partial charge in [-0.3, -0.25) is 9.59 Å². The number of nitrogens with zero attached hydrogens (tertiary/aromatic N) is 3. The molecule has 1 amide bonds. The molecule has 5 rings (SSSR count). The van der Waals surface area contributed by atoms with E-state index in [1.54, 1.807) is 35.9 Å². The minimum Gasteiger partial charge on any atom is -0.872 e. The van der Waals surface area contributed by atoms with Crippen molar-refractivity contribution in [2.24, 2.45) is 0 Å². The highest BCUT2D eigenvalue weighted by Gasteiger charge is 2.44. The molecule has 2 saturated heterocycles. The summed E-state index contributed by atoms with van der Waals surface area (Å²) in [6.07, 6.45) is 1.44. The van der Waals surface area contributed by atoms with Crippen molar-refractivity contribution < 1.29 is 33.9 Å². The highest BCUT2D eigenvalue weighted by molar-refractivity contribution is 6.46. The molecule has 10 heteroatoms. The zero-order chi connectivity index (χ0) is 27.5. The third-order valence-electron chi connectivity index (χ3n) is 7.34. The number of benzene rings is 2. The Bertz CT molecular complexity index is 1410. The normalized spacial score (nSPS) is 19.4. The van der Waals surface area contributed by atoms with Crippen LogP contribution in [0.5, 0.6) is 0 Å². The van der Waals surface area contributed by atoms with Gasteiger partial charge in [-0.25, -0.2) is 9.48 Å². The predicted octanol–water partition coefficient (Wildman–Crippen LogP) is 0.106. The van der Waals surface area contributed by atoms with Gasteiger partial charge in [0.15, 0.2) is 0 Å². The Labute approximate surface area is 226 Å². The Morgan fingerprint density at radius 3 is 2.46 bits per heavy atom. The van der Waals surface area contributed by atoms with Crippen molar-refractivity contribution in [3.63, 3.8) is 0 Å². The van der Waals surface area contributed by atoms with Gasteiger partial charge in [-0.1, -0.05) is 36.1 Å². The van der Waals surface area contributed by atoms with Gasteiger partial charge in [0, 0.05) is 16.8 Å². The second-order valence-corrected chi connectivity index (χ2v) is 9.59. The number of aromatic nitrogens is 2. The van der Waals surface area contributed by atoms with Crippen molar-refractivity contribution >= 4 is 23.4 Å². The SMILES string of the molecule is COC(=O)c1ccc(C2C(=C([O-])c3cnn(-c4ccccc4)c3C)C(=O)C(=O)N2CC[NH+]2CCOCC2)cc1. The Kier molecular flexibility index (Phi) is 7.58. The number of hydrogen-bond acceptors (Lipinski definition) is 7. The van der Waals surface area contributed by atoms with Gasteiger partial charge in [0.05, 0.1) is 56.9 Å². The molecule has 2 fully saturated rings. The number of nitrogens with one attached hydrogen (secondary N) is 1. The predicted molar refractivity (Wildman–Crippen MR) is 139 cm³/mol. The summed E-state index contributed by atoms with van der Waals surface area (Å²) in [5, 5.41) is 18.3. The van der Waals surface area contributed by atoms with E-state index in [1.165, 1.54) is 23.1 Å². The number of Topliss-reactive ketones (excluding diaryl/α,β-unsaturated/α-hetero) is 1. The van der Waals surface area contributed by atoms with Gasteiger partial charge in [0.25, 0.3) is 5.91 Å². The van der Waals surface area contributed by atoms with Gasteiger partial charge < -0.3 is 24.4 Å². The van der Waals surface area contributed by atoms with Crippen molar-refractivity contribution in [3.8, 4) is 5.69 Å². The molecule has 0 saturated carbocycles. The number of rotatable bonds is 7. The first kappa shape index (κ1) is 26.3. The molecule has 2 aromatic carbocycles. The first-order chi connectivity index (χ1) is 18.9. The van der Waals surface area contributed by atoms with E-state index in [4.69, 9.17) is 9.47 Å². The van der Waals surface area contributed by atoms with Crippen LogP contribution < -0.4 is 10.0 Å². The van der Waals surface area contributed by atoms with Crippen LogP contribution >= 0.6 is 0 Å². The molecule has 1 N–H and O–H groups in total. The van der Waals surface area contributed by atoms with Crippen molar-refractivity contribution in [3.05, 3.63) is 88.8 Å². The van der Waals surface area contributed by atoms with Crippen molar-refractivity contribution in [2.45, 2.75) is 13.0 Å². The molecule has 3 aromatic rings. The molecule has 1 atom stereocenters. The van der Waals surface area contributed by atoms with Gasteiger partial charge in [0.2, 0.25) is 5.78 Å². The number of ether oxygens (including phenoxy) is 2. The number of carbonyl (C=O) groups excluding carboxylic acids is 3. The van der Waals surface area contributed by atoms with Crippen LogP contribution in [0.15, 0.2) is 66.4 Å². The standard InChI is InChI=1S/C29H30N4O6/c1-19-23(18-30-33(19)22-6-4-3-5-7-22)26(34)24-25(20-8-10-21(11-9-20)29(37)38-2)32(28(36)27(24)35)13-12-31-14-16-39-17-15-31/h3-11,18,25,34H,12-17H2,1-2H3. The molecule has 1 aromatic heterocycles. The van der Waals surface area contributed by atoms with Crippen LogP contribution in [0.4, 0.5) is 0 Å². The fourth-order valence-electron chi connectivity index (χ4n) is 5.16. The molecule has 39 heavy (non-hydrogen) atoms. The largest absolute Gasteiger partial charge is 0.872 e. The van der Waals surface area contributed by atoms with Gasteiger partial charge >= 0.3 is 5.97 Å². The van der Waals surface area contributed by atoms with E-state index < -0.39 is 29.5 Å². The zero-order valence-corrected chi connectivity index (χ0v) is 21.9. The number of esters is 1. The maximum atomic E-state index is 13.9. The highest BCUT2D eigenvalue weighted by atomic mass is 16.5. The molecular formula is C29H30N4O6. The summed E-state index contributed by atoms with van der Waals surface area (Å²) in [6.45, 7) is 5.56. The van der Waals surface area contributed by atoms with E-state index in [2.05, 4.69) is 5.10 Å². The molecule has 3 heterocycles. The summed E-state index contributed by atoms with van der Waals surface area (Å²) >= 11 is 0. The van der Waals surface area contributed by atoms with Crippen LogP contribution in [0.2, 0.25) is 0 Å². The number of hydrogen-bond donors (Lipinski definition) is 1. The van der Waals surface area contributed by atoms with Gasteiger partial charge in [-0.2, -0.15) is 5.10 Å². The minimum absolute atomic E-state index is 0.112. The maximum absolute atomic E-state index is 13.9. The summed E-state index contributed by atoms with van der Waals surface area (Å²) in [5.74, 6) is -2.56. The van der Waals surface area contributed by atoms with Crippen LogP contribution in [0.1, 0.15) is 33.2 Å². The quantitative estimate of drug-likeness (QED) is 0.199. The summed E-state index contributed by atoms with van der Waals surface area (Å²) < 4.78 is 11.9. The molecule has 0 spiro atoms. The lowest BCUT2D eigenvalue weighted by atomic mass is 9.94. The molecule has 0 bridgehead atoms. The Morgan fingerprint density at radius 2 is 1.79 bits per heavy atom. The van der Waals surface area contributed by atoms with Gasteiger partial charge in [0.1, 0.15) is 13.1 Å². The second kappa shape index (κ2) is 11.2. The average Bonchev–Trinajstić information content (AvgIpc) is 3.48. The van der Waals surface area contributed by atoms with E-state index in [-0.39, 0.29) is 11.1 Å². The van der Waals surface area contributed by atoms with Crippen molar-refractivity contribution in [1.29, 1.82) is 0 Å². The number of likely N-dealkylation sites (tertiary alicyclic amines) is 1. The van der Waals surface area contributed by atoms with Crippen molar-refractivity contribution in [1.82, 2.24) is 14.7 Å². The lowest BCUT2D eigenvalue weighted by Crippen LogP contribution is -3.14. The third-order valence-corrected chi connectivity index (χ3v) is 7.34. The zero-order valence-electron chi connectivity index (χ0n) is 21.9. The number of para-hydroxylation sites is 1. The topological polar surface area (TPSA) is 118 Å². The van der Waals surface area contributed by atoms with Crippen LogP contribution in [-0.4, -0.2) is 78.8 Å². The molecule has 202 valence electrons. The van der Waals surface area contributed by atoms with E-state index in [9.17, 15) is 19.5 Å². The van der Waals surface area contributed by atoms with E-state index >= 15 is 0 Å². The molecular weight excluding hydrogens is 500 g/mol. The summed E-state index contributed by atoms with van der Waals surface area (Å²) in [7, 11) is 1.29. The average molecular weight is 531 g/mol. The Morgan fingerprint density at radius 1 is 1.10 bits per heavy atom. The first-order valence-corrected chi connectivity index (χ1v) is 12.9. The highest BCUT2D eigenvalue weighted by Crippen LogP contribution is 2.39. The molecule has 2 aliphatic rings. The summed E-state index contributed by atoms with van der Waals surface area (Å²) in [4.78, 5) is 41.4. The van der Waals surface area contributed by atoms with E-state index in [0.717, 1.165) is 18.8 Å². The molecule has 10 nitrogen and oxygen atoms in total. The Balaban J connectivity index is 1.56. The second-order valence-electron chi connectivity index (χ2n) is 9.59. The molecule has 0 aliphatic carbocycles. The summed E-state index contributed by atoms with van der Waals surface area (Å²) in [5.41, 5.74) is 2.38. The monoisotopic (exact) mass is 530 g/mol. The van der Waals surface area contributed by atoms with Gasteiger partial charge in [-0.15, -0.1) is 0 Å². The number of amides is 1. The smallest absolute Gasteiger partial charge is 0.337 e. The minimum atomic E-state index is -0.885. The molecule has 2 aliphatic heterocycles. The van der Waals surface area contributed by atoms with Crippen LogP contribution in [0.25, 0.3) is 11.4 Å². The number of carbonyl (C=O) groups is 3. The first-order valence-electron chi connectivity index (χ1n) is 12.9. The van der Waals surface area contributed by atoms with Crippen LogP contribution in [-0.2, 0) is 19.1 Å². The lowest BCUT2D eigenvalue weighted by molar-refractivity contribution is -0.907. The molecule has 0 radical (unpaired) electrons. The van der Waals surface area contributed by atoms with Gasteiger partial charge in [-0.05, 0) is 36.8 Å². The summed E-state index contributed by atoms with van der Waals surface area (Å²) in [6, 6.07) is 14.9. The maximum Gasteiger partial charge on any atom is 0.337 e. The lowest BCUT2D eigenvalue weighted by Gasteiger charge is -2.30. The van der Waals surface area contributed by atoms with E-state index in [0.29, 0.717) is 43.1 Å². The van der Waals surface area contributed by atoms with Crippen molar-refractivity contribution in [2.75, 3.05) is 46.5 Å². The molecule has 1 unspecified atom stereocenters. The number of methoxy groups -OCH3 is 1. The number of quaternary nitrogens is 1. The fourth-order valence-corrected chi connectivity index (χ4v) is 5.16. The Hall–Kier alpha value is -4.28. The number of ketones is 1. The van der Waals surface area contributed by atoms with E-state index in [1.807, 2.05) is 30.3 Å². The fraction of sp³-hybridized carbons (Fsp3) is 0.310. The third kappa shape index (κ3) is 5.08. The van der Waals surface area contributed by atoms with Crippen LogP contribution in [0, 0.1) is 6.92 Å².